The first-order chi connectivity index (χ1) is 10.5. The Morgan fingerprint density at radius 3 is 2.73 bits per heavy atom. The van der Waals surface area contributed by atoms with Crippen molar-refractivity contribution in [3.8, 4) is 0 Å². The molecule has 0 aliphatic carbocycles. The third kappa shape index (κ3) is 7.22. The summed E-state index contributed by atoms with van der Waals surface area (Å²) in [5.41, 5.74) is 1.62. The third-order valence-electron chi connectivity index (χ3n) is 2.99. The van der Waals surface area contributed by atoms with Crippen LogP contribution in [0.4, 0.5) is 0 Å². The van der Waals surface area contributed by atoms with Gasteiger partial charge in [-0.05, 0) is 31.4 Å². The molecule has 0 radical (unpaired) electrons. The van der Waals surface area contributed by atoms with E-state index in [4.69, 9.17) is 9.47 Å². The summed E-state index contributed by atoms with van der Waals surface area (Å²) in [6.07, 6.45) is 0.942. The van der Waals surface area contributed by atoms with Gasteiger partial charge in [-0.2, -0.15) is 0 Å². The SMILES string of the molecule is COCCOC(=NCCC(C)C)NC(=O)c1cccc(C)c1. The van der Waals surface area contributed by atoms with Crippen LogP contribution in [0, 0.1) is 12.8 Å². The van der Waals surface area contributed by atoms with E-state index < -0.39 is 0 Å². The Kier molecular flexibility index (Phi) is 8.22. The lowest BCUT2D eigenvalue weighted by atomic mass is 10.1. The largest absolute Gasteiger partial charge is 0.463 e. The Bertz CT molecular complexity index is 498. The zero-order chi connectivity index (χ0) is 16.4. The molecule has 1 rings (SSSR count). The summed E-state index contributed by atoms with van der Waals surface area (Å²) in [5.74, 6) is 0.334. The molecule has 22 heavy (non-hydrogen) atoms. The van der Waals surface area contributed by atoms with Gasteiger partial charge in [0.2, 0.25) is 0 Å². The number of methoxy groups -OCH3 is 1. The van der Waals surface area contributed by atoms with Crippen LogP contribution in [0.15, 0.2) is 29.3 Å². The van der Waals surface area contributed by atoms with E-state index in [9.17, 15) is 4.79 Å². The van der Waals surface area contributed by atoms with Crippen LogP contribution in [0.2, 0.25) is 0 Å². The molecule has 5 heteroatoms. The van der Waals surface area contributed by atoms with E-state index in [1.807, 2.05) is 25.1 Å². The van der Waals surface area contributed by atoms with E-state index in [1.165, 1.54) is 0 Å². The first-order valence-corrected chi connectivity index (χ1v) is 7.57. The van der Waals surface area contributed by atoms with Gasteiger partial charge in [0, 0.05) is 19.2 Å². The van der Waals surface area contributed by atoms with Gasteiger partial charge in [-0.1, -0.05) is 31.5 Å². The highest BCUT2D eigenvalue weighted by molar-refractivity contribution is 6.04. The van der Waals surface area contributed by atoms with Crippen molar-refractivity contribution in [3.63, 3.8) is 0 Å². The fourth-order valence-corrected chi connectivity index (χ4v) is 1.72. The Morgan fingerprint density at radius 2 is 2.09 bits per heavy atom. The Labute approximate surface area is 132 Å². The first-order valence-electron chi connectivity index (χ1n) is 7.57. The molecule has 1 amide bonds. The predicted octanol–water partition coefficient (Wildman–Crippen LogP) is 2.79. The van der Waals surface area contributed by atoms with Crippen LogP contribution in [0.1, 0.15) is 36.2 Å². The lowest BCUT2D eigenvalue weighted by Crippen LogP contribution is -2.33. The van der Waals surface area contributed by atoms with E-state index in [-0.39, 0.29) is 11.9 Å². The Balaban J connectivity index is 2.67. The van der Waals surface area contributed by atoms with E-state index in [2.05, 4.69) is 24.2 Å². The number of aryl methyl sites for hydroxylation is 1. The molecule has 0 heterocycles. The molecule has 122 valence electrons. The van der Waals surface area contributed by atoms with E-state index >= 15 is 0 Å². The lowest BCUT2D eigenvalue weighted by molar-refractivity contribution is 0.0954. The van der Waals surface area contributed by atoms with E-state index in [1.54, 1.807) is 13.2 Å². The van der Waals surface area contributed by atoms with Gasteiger partial charge in [-0.3, -0.25) is 10.1 Å². The van der Waals surface area contributed by atoms with Crippen LogP contribution in [0.5, 0.6) is 0 Å². The van der Waals surface area contributed by atoms with Gasteiger partial charge < -0.3 is 9.47 Å². The van der Waals surface area contributed by atoms with Crippen molar-refractivity contribution >= 4 is 11.9 Å². The molecular weight excluding hydrogens is 280 g/mol. The maximum absolute atomic E-state index is 12.2. The van der Waals surface area contributed by atoms with Crippen molar-refractivity contribution in [2.45, 2.75) is 27.2 Å². The number of amidine groups is 1. The zero-order valence-corrected chi connectivity index (χ0v) is 13.9. The number of aliphatic imine (C=N–C) groups is 1. The molecule has 1 aromatic carbocycles. The molecule has 1 N–H and O–H groups in total. The van der Waals surface area contributed by atoms with Gasteiger partial charge in [0.15, 0.2) is 0 Å². The summed E-state index contributed by atoms with van der Waals surface area (Å²) in [6, 6.07) is 7.65. The summed E-state index contributed by atoms with van der Waals surface area (Å²) >= 11 is 0. The minimum atomic E-state index is -0.218. The van der Waals surface area contributed by atoms with Gasteiger partial charge in [0.25, 0.3) is 11.9 Å². The molecule has 0 saturated heterocycles. The highest BCUT2D eigenvalue weighted by Crippen LogP contribution is 2.04. The maximum Gasteiger partial charge on any atom is 0.291 e. The van der Waals surface area contributed by atoms with Crippen molar-refractivity contribution < 1.29 is 14.3 Å². The fourth-order valence-electron chi connectivity index (χ4n) is 1.72. The number of hydrogen-bond acceptors (Lipinski definition) is 4. The standard InChI is InChI=1S/C17H26N2O3/c1-13(2)8-9-18-17(22-11-10-21-4)19-16(20)15-7-5-6-14(3)12-15/h5-7,12-13H,8-11H2,1-4H3,(H,18,19,20). The highest BCUT2D eigenvalue weighted by Gasteiger charge is 2.10. The minimum Gasteiger partial charge on any atom is -0.463 e. The molecule has 0 aliphatic heterocycles. The first kappa shape index (κ1) is 18.2. The number of hydrogen-bond donors (Lipinski definition) is 1. The van der Waals surface area contributed by atoms with Crippen molar-refractivity contribution in [3.05, 3.63) is 35.4 Å². The van der Waals surface area contributed by atoms with Gasteiger partial charge in [-0.15, -0.1) is 0 Å². The minimum absolute atomic E-state index is 0.218. The second-order valence-corrected chi connectivity index (χ2v) is 5.53. The second kappa shape index (κ2) is 9.95. The number of benzene rings is 1. The number of amides is 1. The van der Waals surface area contributed by atoms with Crippen LogP contribution in [0.25, 0.3) is 0 Å². The van der Waals surface area contributed by atoms with Crippen LogP contribution in [-0.2, 0) is 9.47 Å². The molecule has 0 atom stereocenters. The molecule has 0 aliphatic rings. The molecule has 0 bridgehead atoms. The molecule has 0 aromatic heterocycles. The predicted molar refractivity (Wildman–Crippen MR) is 88.2 cm³/mol. The van der Waals surface area contributed by atoms with Gasteiger partial charge in [0.1, 0.15) is 6.61 Å². The maximum atomic E-state index is 12.2. The van der Waals surface area contributed by atoms with Crippen molar-refractivity contribution in [1.29, 1.82) is 0 Å². The van der Waals surface area contributed by atoms with Gasteiger partial charge >= 0.3 is 0 Å². The number of carbonyl (C=O) groups excluding carboxylic acids is 1. The summed E-state index contributed by atoms with van der Waals surface area (Å²) in [7, 11) is 1.60. The van der Waals surface area contributed by atoms with Crippen molar-refractivity contribution in [2.24, 2.45) is 10.9 Å². The third-order valence-corrected chi connectivity index (χ3v) is 2.99. The molecule has 0 saturated carbocycles. The number of nitrogens with one attached hydrogen (secondary N) is 1. The quantitative estimate of drug-likeness (QED) is 0.479. The van der Waals surface area contributed by atoms with Crippen LogP contribution in [-0.4, -0.2) is 38.8 Å². The molecule has 0 fully saturated rings. The monoisotopic (exact) mass is 306 g/mol. The van der Waals surface area contributed by atoms with Gasteiger partial charge in [-0.25, -0.2) is 4.99 Å². The summed E-state index contributed by atoms with van der Waals surface area (Å²) in [4.78, 5) is 16.6. The molecule has 1 aromatic rings. The fraction of sp³-hybridized carbons (Fsp3) is 0.529. The zero-order valence-electron chi connectivity index (χ0n) is 13.9. The van der Waals surface area contributed by atoms with Crippen LogP contribution < -0.4 is 5.32 Å². The lowest BCUT2D eigenvalue weighted by Gasteiger charge is -2.11. The average Bonchev–Trinajstić information content (AvgIpc) is 2.46. The van der Waals surface area contributed by atoms with Gasteiger partial charge in [0.05, 0.1) is 6.61 Å². The molecule has 0 spiro atoms. The smallest absolute Gasteiger partial charge is 0.291 e. The number of ether oxygens (including phenoxy) is 2. The summed E-state index contributed by atoms with van der Waals surface area (Å²) in [5, 5.41) is 2.73. The van der Waals surface area contributed by atoms with Crippen LogP contribution >= 0.6 is 0 Å². The van der Waals surface area contributed by atoms with Crippen molar-refractivity contribution in [2.75, 3.05) is 26.9 Å². The molecule has 5 nitrogen and oxygen atoms in total. The second-order valence-electron chi connectivity index (χ2n) is 5.53. The molecule has 0 unspecified atom stereocenters. The Morgan fingerprint density at radius 1 is 1.32 bits per heavy atom. The molecular formula is C17H26N2O3. The average molecular weight is 306 g/mol. The Hall–Kier alpha value is -1.88. The highest BCUT2D eigenvalue weighted by atomic mass is 16.5. The number of carbonyl (C=O) groups is 1. The summed E-state index contributed by atoms with van der Waals surface area (Å²) in [6.45, 7) is 7.63. The topological polar surface area (TPSA) is 59.9 Å². The van der Waals surface area contributed by atoms with Crippen LogP contribution in [0.3, 0.4) is 0 Å². The van der Waals surface area contributed by atoms with E-state index in [0.717, 1.165) is 12.0 Å². The summed E-state index contributed by atoms with van der Waals surface area (Å²) < 4.78 is 10.4. The van der Waals surface area contributed by atoms with E-state index in [0.29, 0.717) is 31.2 Å². The number of rotatable bonds is 7. The van der Waals surface area contributed by atoms with Crippen molar-refractivity contribution in [1.82, 2.24) is 5.32 Å². The normalized spacial score (nSPS) is 11.6. The number of nitrogens with zero attached hydrogens (tertiary/aromatic N) is 1.